The predicted octanol–water partition coefficient (Wildman–Crippen LogP) is 2.88. The smallest absolute Gasteiger partial charge is 0.340 e. The molecule has 0 radical (unpaired) electrons. The lowest BCUT2D eigenvalue weighted by atomic mass is 10.1. The first-order chi connectivity index (χ1) is 9.16. The van der Waals surface area contributed by atoms with Crippen LogP contribution in [0.15, 0.2) is 53.3 Å². The Morgan fingerprint density at radius 1 is 1.11 bits per heavy atom. The van der Waals surface area contributed by atoms with Crippen molar-refractivity contribution in [3.63, 3.8) is 0 Å². The Hall–Kier alpha value is -2.01. The third-order valence-corrected chi connectivity index (χ3v) is 2.80. The van der Waals surface area contributed by atoms with Gasteiger partial charge >= 0.3 is 5.97 Å². The number of pyridine rings is 1. The van der Waals surface area contributed by atoms with Gasteiger partial charge in [-0.25, -0.2) is 4.79 Å². The topological polar surface area (TPSA) is 56.3 Å². The summed E-state index contributed by atoms with van der Waals surface area (Å²) in [5, 5.41) is 0. The first kappa shape index (κ1) is 13.4. The van der Waals surface area contributed by atoms with Gasteiger partial charge in [-0.05, 0) is 22.0 Å². The highest BCUT2D eigenvalue weighted by Crippen LogP contribution is 2.10. The molecule has 19 heavy (non-hydrogen) atoms. The monoisotopic (exact) mass is 319 g/mol. The molecule has 0 saturated carbocycles. The van der Waals surface area contributed by atoms with E-state index in [9.17, 15) is 9.59 Å². The molecule has 0 aliphatic rings. The Bertz CT molecular complexity index is 599. The zero-order valence-corrected chi connectivity index (χ0v) is 11.5. The minimum atomic E-state index is -0.571. The molecule has 0 saturated heterocycles. The number of ether oxygens (including phenoxy) is 1. The number of ketones is 1. The van der Waals surface area contributed by atoms with Crippen LogP contribution >= 0.6 is 15.9 Å². The Morgan fingerprint density at radius 3 is 2.53 bits per heavy atom. The van der Waals surface area contributed by atoms with Crippen LogP contribution in [0.4, 0.5) is 0 Å². The molecule has 2 rings (SSSR count). The van der Waals surface area contributed by atoms with E-state index < -0.39 is 5.97 Å². The fraction of sp³-hybridized carbons (Fsp3) is 0.0714. The van der Waals surface area contributed by atoms with Crippen LogP contribution in [0.3, 0.4) is 0 Å². The molecule has 1 aromatic heterocycles. The fourth-order valence-electron chi connectivity index (χ4n) is 1.45. The fourth-order valence-corrected chi connectivity index (χ4v) is 1.81. The van der Waals surface area contributed by atoms with Crippen molar-refractivity contribution in [2.45, 2.75) is 0 Å². The second-order valence-electron chi connectivity index (χ2n) is 3.76. The van der Waals surface area contributed by atoms with Gasteiger partial charge in [0.15, 0.2) is 12.4 Å². The van der Waals surface area contributed by atoms with Gasteiger partial charge in [-0.15, -0.1) is 0 Å². The molecule has 0 spiro atoms. The molecule has 0 aliphatic heterocycles. The maximum absolute atomic E-state index is 11.7. The van der Waals surface area contributed by atoms with E-state index in [0.717, 1.165) is 0 Å². The summed E-state index contributed by atoms with van der Waals surface area (Å²) in [5.41, 5.74) is 0.818. The van der Waals surface area contributed by atoms with Crippen molar-refractivity contribution in [2.24, 2.45) is 0 Å². The molecule has 4 nitrogen and oxygen atoms in total. The van der Waals surface area contributed by atoms with Gasteiger partial charge in [0.05, 0.1) is 5.56 Å². The first-order valence-corrected chi connectivity index (χ1v) is 6.32. The quantitative estimate of drug-likeness (QED) is 0.642. The van der Waals surface area contributed by atoms with E-state index in [4.69, 9.17) is 4.74 Å². The van der Waals surface area contributed by atoms with Gasteiger partial charge in [0.25, 0.3) is 0 Å². The van der Waals surface area contributed by atoms with Gasteiger partial charge in [-0.3, -0.25) is 9.78 Å². The Labute approximate surface area is 118 Å². The minimum Gasteiger partial charge on any atom is -0.454 e. The Morgan fingerprint density at radius 2 is 1.84 bits per heavy atom. The number of carbonyl (C=O) groups excluding carboxylic acids is 2. The van der Waals surface area contributed by atoms with E-state index in [2.05, 4.69) is 20.9 Å². The summed E-state index contributed by atoms with van der Waals surface area (Å²) in [5.74, 6) is -0.810. The second-order valence-corrected chi connectivity index (χ2v) is 4.67. The normalized spacial score (nSPS) is 9.95. The van der Waals surface area contributed by atoms with Crippen LogP contribution < -0.4 is 0 Å². The molecule has 0 amide bonds. The summed E-state index contributed by atoms with van der Waals surface area (Å²) in [6.07, 6.45) is 2.95. The summed E-state index contributed by atoms with van der Waals surface area (Å²) in [4.78, 5) is 27.3. The largest absolute Gasteiger partial charge is 0.454 e. The van der Waals surface area contributed by atoms with Gasteiger partial charge < -0.3 is 4.74 Å². The van der Waals surface area contributed by atoms with Gasteiger partial charge in [-0.2, -0.15) is 0 Å². The molecule has 0 atom stereocenters. The summed E-state index contributed by atoms with van der Waals surface area (Å²) in [7, 11) is 0. The third kappa shape index (κ3) is 3.72. The van der Waals surface area contributed by atoms with E-state index in [-0.39, 0.29) is 12.4 Å². The molecule has 2 aromatic rings. The van der Waals surface area contributed by atoms with Crippen molar-refractivity contribution in [1.29, 1.82) is 0 Å². The van der Waals surface area contributed by atoms with Crippen LogP contribution in [0.1, 0.15) is 20.7 Å². The Balaban J connectivity index is 1.96. The zero-order chi connectivity index (χ0) is 13.7. The number of carbonyl (C=O) groups is 2. The molecular weight excluding hydrogens is 310 g/mol. The maximum Gasteiger partial charge on any atom is 0.340 e. The Kier molecular flexibility index (Phi) is 4.41. The summed E-state index contributed by atoms with van der Waals surface area (Å²) in [6, 6.07) is 10.3. The number of rotatable bonds is 4. The van der Waals surface area contributed by atoms with Crippen LogP contribution in [0.2, 0.25) is 0 Å². The van der Waals surface area contributed by atoms with Crippen molar-refractivity contribution in [3.05, 3.63) is 64.4 Å². The molecule has 1 heterocycles. The van der Waals surface area contributed by atoms with Gasteiger partial charge in [0.2, 0.25) is 0 Å². The molecule has 0 aliphatic carbocycles. The number of Topliss-reactive ketones (excluding diaryl/α,β-unsaturated/α-hetero) is 1. The number of nitrogens with zero attached hydrogens (tertiary/aromatic N) is 1. The molecule has 0 unspecified atom stereocenters. The van der Waals surface area contributed by atoms with Gasteiger partial charge in [0.1, 0.15) is 0 Å². The van der Waals surface area contributed by atoms with Gasteiger partial charge in [0, 0.05) is 22.4 Å². The van der Waals surface area contributed by atoms with Crippen molar-refractivity contribution < 1.29 is 14.3 Å². The molecule has 1 aromatic carbocycles. The molecule has 0 fully saturated rings. The maximum atomic E-state index is 11.7. The lowest BCUT2D eigenvalue weighted by molar-refractivity contribution is 0.0474. The van der Waals surface area contributed by atoms with Crippen LogP contribution in [-0.4, -0.2) is 23.3 Å². The molecular formula is C14H10BrNO3. The number of hydrogen-bond acceptors (Lipinski definition) is 4. The lowest BCUT2D eigenvalue weighted by Crippen LogP contribution is -2.14. The van der Waals surface area contributed by atoms with Crippen LogP contribution in [0.5, 0.6) is 0 Å². The van der Waals surface area contributed by atoms with E-state index in [1.54, 1.807) is 36.5 Å². The van der Waals surface area contributed by atoms with Crippen LogP contribution in [0.25, 0.3) is 0 Å². The average Bonchev–Trinajstić information content (AvgIpc) is 2.45. The lowest BCUT2D eigenvalue weighted by Gasteiger charge is -2.04. The first-order valence-electron chi connectivity index (χ1n) is 5.53. The number of aromatic nitrogens is 1. The minimum absolute atomic E-state index is 0.239. The summed E-state index contributed by atoms with van der Waals surface area (Å²) < 4.78 is 5.63. The van der Waals surface area contributed by atoms with Crippen molar-refractivity contribution in [2.75, 3.05) is 6.61 Å². The molecule has 0 N–H and O–H groups in total. The summed E-state index contributed by atoms with van der Waals surface area (Å²) in [6.45, 7) is -0.282. The molecule has 5 heteroatoms. The number of esters is 1. The van der Waals surface area contributed by atoms with Crippen molar-refractivity contribution in [1.82, 2.24) is 4.98 Å². The number of halogens is 1. The van der Waals surface area contributed by atoms with Crippen LogP contribution in [0, 0.1) is 0 Å². The number of benzene rings is 1. The van der Waals surface area contributed by atoms with Crippen molar-refractivity contribution in [3.8, 4) is 0 Å². The second kappa shape index (κ2) is 6.24. The van der Waals surface area contributed by atoms with Crippen LogP contribution in [-0.2, 0) is 4.74 Å². The highest BCUT2D eigenvalue weighted by Gasteiger charge is 2.12. The highest BCUT2D eigenvalue weighted by atomic mass is 79.9. The van der Waals surface area contributed by atoms with Crippen molar-refractivity contribution >= 4 is 27.7 Å². The zero-order valence-electron chi connectivity index (χ0n) is 9.88. The van der Waals surface area contributed by atoms with E-state index in [1.807, 2.05) is 6.07 Å². The average molecular weight is 320 g/mol. The standard InChI is InChI=1S/C14H10BrNO3/c15-12-6-11(7-16-8-12)14(18)19-9-13(17)10-4-2-1-3-5-10/h1-8H,9H2. The van der Waals surface area contributed by atoms with E-state index >= 15 is 0 Å². The van der Waals surface area contributed by atoms with E-state index in [0.29, 0.717) is 15.6 Å². The number of hydrogen-bond donors (Lipinski definition) is 0. The third-order valence-electron chi connectivity index (χ3n) is 2.37. The predicted molar refractivity (Wildman–Crippen MR) is 73.0 cm³/mol. The summed E-state index contributed by atoms with van der Waals surface area (Å²) >= 11 is 3.21. The van der Waals surface area contributed by atoms with E-state index in [1.165, 1.54) is 6.20 Å². The SMILES string of the molecule is O=C(COC(=O)c1cncc(Br)c1)c1ccccc1. The van der Waals surface area contributed by atoms with Gasteiger partial charge in [-0.1, -0.05) is 30.3 Å². The molecule has 96 valence electrons. The molecule has 0 bridgehead atoms. The highest BCUT2D eigenvalue weighted by molar-refractivity contribution is 9.10.